The van der Waals surface area contributed by atoms with Crippen molar-refractivity contribution in [2.24, 2.45) is 0 Å². The Morgan fingerprint density at radius 3 is 2.83 bits per heavy atom. The maximum Gasteiger partial charge on any atom is 0.308 e. The predicted octanol–water partition coefficient (Wildman–Crippen LogP) is 2.65. The molecule has 0 aliphatic carbocycles. The average Bonchev–Trinajstić information content (AvgIpc) is 2.71. The van der Waals surface area contributed by atoms with Crippen molar-refractivity contribution in [3.63, 3.8) is 0 Å². The molecule has 1 aliphatic heterocycles. The number of anilines is 2. The van der Waals surface area contributed by atoms with Gasteiger partial charge in [0.2, 0.25) is 0 Å². The monoisotopic (exact) mass is 418 g/mol. The van der Waals surface area contributed by atoms with Gasteiger partial charge in [0.15, 0.2) is 13.2 Å². The number of para-hydroxylation sites is 2. The van der Waals surface area contributed by atoms with Crippen LogP contribution in [0.15, 0.2) is 42.5 Å². The van der Waals surface area contributed by atoms with E-state index < -0.39 is 18.5 Å². The molecule has 0 bridgehead atoms. The third-order valence-electron chi connectivity index (χ3n) is 4.15. The molecule has 0 saturated carbocycles. The fourth-order valence-corrected chi connectivity index (χ4v) is 2.96. The molecule has 2 aromatic rings. The maximum atomic E-state index is 12.1. The number of hydrogen-bond acceptors (Lipinski definition) is 6. The number of hydrogen-bond donors (Lipinski definition) is 1. The molecule has 152 valence electrons. The maximum absolute atomic E-state index is 12.1. The van der Waals surface area contributed by atoms with Crippen LogP contribution < -0.4 is 19.7 Å². The smallest absolute Gasteiger partial charge is 0.308 e. The van der Waals surface area contributed by atoms with Crippen molar-refractivity contribution < 1.29 is 28.6 Å². The topological polar surface area (TPSA) is 94.2 Å². The van der Waals surface area contributed by atoms with Crippen molar-refractivity contribution in [1.29, 1.82) is 0 Å². The fraction of sp³-hybridized carbons (Fsp3) is 0.250. The number of fused-ring (bicyclic) bond motifs is 1. The SMILES string of the molecule is COc1ccc(Cl)cc1NC(=O)COC(=O)CCN1C(=O)COc2ccccc21. The number of carbonyl (C=O) groups is 3. The lowest BCUT2D eigenvalue weighted by molar-refractivity contribution is -0.147. The third kappa shape index (κ3) is 5.17. The first-order valence-corrected chi connectivity index (χ1v) is 9.17. The van der Waals surface area contributed by atoms with Gasteiger partial charge in [-0.05, 0) is 30.3 Å². The zero-order chi connectivity index (χ0) is 20.8. The van der Waals surface area contributed by atoms with E-state index in [1.54, 1.807) is 36.4 Å². The van der Waals surface area contributed by atoms with Gasteiger partial charge < -0.3 is 24.4 Å². The Bertz CT molecular complexity index is 933. The lowest BCUT2D eigenvalue weighted by Gasteiger charge is -2.28. The van der Waals surface area contributed by atoms with Crippen LogP contribution in [0, 0.1) is 0 Å². The van der Waals surface area contributed by atoms with Crippen LogP contribution in [-0.2, 0) is 19.1 Å². The molecule has 9 heteroatoms. The number of nitrogens with zero attached hydrogens (tertiary/aromatic N) is 1. The van der Waals surface area contributed by atoms with Gasteiger partial charge in [0.1, 0.15) is 11.5 Å². The Morgan fingerprint density at radius 2 is 2.03 bits per heavy atom. The van der Waals surface area contributed by atoms with E-state index in [9.17, 15) is 14.4 Å². The number of benzene rings is 2. The van der Waals surface area contributed by atoms with Crippen molar-refractivity contribution in [2.75, 3.05) is 37.1 Å². The predicted molar refractivity (Wildman–Crippen MR) is 106 cm³/mol. The number of rotatable bonds is 7. The highest BCUT2D eigenvalue weighted by molar-refractivity contribution is 6.31. The van der Waals surface area contributed by atoms with Gasteiger partial charge in [-0.2, -0.15) is 0 Å². The van der Waals surface area contributed by atoms with Crippen LogP contribution in [0.25, 0.3) is 0 Å². The standard InChI is InChI=1S/C20H19ClN2O6/c1-27-16-7-6-13(21)10-14(16)22-18(24)11-29-20(26)8-9-23-15-4-2-3-5-17(15)28-12-19(23)25/h2-7,10H,8-9,11-12H2,1H3,(H,22,24). The van der Waals surface area contributed by atoms with E-state index in [1.807, 2.05) is 0 Å². The van der Waals surface area contributed by atoms with Crippen LogP contribution >= 0.6 is 11.6 Å². The summed E-state index contributed by atoms with van der Waals surface area (Å²) in [4.78, 5) is 37.6. The van der Waals surface area contributed by atoms with Crippen LogP contribution in [0.2, 0.25) is 5.02 Å². The quantitative estimate of drug-likeness (QED) is 0.695. The van der Waals surface area contributed by atoms with Gasteiger partial charge in [-0.3, -0.25) is 14.4 Å². The second kappa shape index (κ2) is 9.29. The molecular formula is C20H19ClN2O6. The zero-order valence-electron chi connectivity index (χ0n) is 15.6. The van der Waals surface area contributed by atoms with Crippen LogP contribution in [0.3, 0.4) is 0 Å². The highest BCUT2D eigenvalue weighted by Gasteiger charge is 2.25. The Hall–Kier alpha value is -3.26. The minimum Gasteiger partial charge on any atom is -0.495 e. The Morgan fingerprint density at radius 1 is 1.24 bits per heavy atom. The Labute approximate surface area is 172 Å². The summed E-state index contributed by atoms with van der Waals surface area (Å²) in [5, 5.41) is 3.00. The molecule has 1 N–H and O–H groups in total. The van der Waals surface area contributed by atoms with Gasteiger partial charge >= 0.3 is 5.97 Å². The van der Waals surface area contributed by atoms with Crippen molar-refractivity contribution in [2.45, 2.75) is 6.42 Å². The average molecular weight is 419 g/mol. The van der Waals surface area contributed by atoms with Crippen LogP contribution in [0.5, 0.6) is 11.5 Å². The lowest BCUT2D eigenvalue weighted by atomic mass is 10.2. The number of halogens is 1. The molecule has 8 nitrogen and oxygen atoms in total. The second-order valence-corrected chi connectivity index (χ2v) is 6.54. The summed E-state index contributed by atoms with van der Waals surface area (Å²) in [7, 11) is 1.46. The molecule has 1 heterocycles. The van der Waals surface area contributed by atoms with Crippen molar-refractivity contribution in [1.82, 2.24) is 0 Å². The minimum atomic E-state index is -0.602. The molecule has 0 unspecified atom stereocenters. The molecule has 2 amide bonds. The minimum absolute atomic E-state index is 0.0617. The summed E-state index contributed by atoms with van der Waals surface area (Å²) in [5.41, 5.74) is 0.971. The molecule has 0 atom stereocenters. The van der Waals surface area contributed by atoms with E-state index >= 15 is 0 Å². The highest BCUT2D eigenvalue weighted by Crippen LogP contribution is 2.31. The number of methoxy groups -OCH3 is 1. The lowest BCUT2D eigenvalue weighted by Crippen LogP contribution is -2.40. The van der Waals surface area contributed by atoms with Crippen molar-refractivity contribution in [3.05, 3.63) is 47.5 Å². The van der Waals surface area contributed by atoms with Crippen molar-refractivity contribution in [3.8, 4) is 11.5 Å². The van der Waals surface area contributed by atoms with Gasteiger partial charge in [0.05, 0.1) is 24.9 Å². The molecule has 0 radical (unpaired) electrons. The molecule has 0 fully saturated rings. The van der Waals surface area contributed by atoms with Crippen LogP contribution in [-0.4, -0.2) is 44.7 Å². The van der Waals surface area contributed by atoms with E-state index in [0.717, 1.165) is 0 Å². The molecule has 1 aliphatic rings. The number of amides is 2. The first kappa shape index (κ1) is 20.5. The zero-order valence-corrected chi connectivity index (χ0v) is 16.4. The normalized spacial score (nSPS) is 12.6. The Kier molecular flexibility index (Phi) is 6.56. The largest absolute Gasteiger partial charge is 0.495 e. The van der Waals surface area contributed by atoms with Crippen LogP contribution in [0.4, 0.5) is 11.4 Å². The summed E-state index contributed by atoms with van der Waals surface area (Å²) in [6.07, 6.45) is -0.0617. The summed E-state index contributed by atoms with van der Waals surface area (Å²) in [6, 6.07) is 11.8. The molecule has 29 heavy (non-hydrogen) atoms. The number of esters is 1. The van der Waals surface area contributed by atoms with Gasteiger partial charge in [0.25, 0.3) is 11.8 Å². The van der Waals surface area contributed by atoms with E-state index in [4.69, 9.17) is 25.8 Å². The van der Waals surface area contributed by atoms with E-state index in [2.05, 4.69) is 5.32 Å². The van der Waals surface area contributed by atoms with Gasteiger partial charge in [-0.25, -0.2) is 0 Å². The van der Waals surface area contributed by atoms with E-state index in [-0.39, 0.29) is 25.5 Å². The number of ether oxygens (including phenoxy) is 3. The molecular weight excluding hydrogens is 400 g/mol. The number of nitrogens with one attached hydrogen (secondary N) is 1. The van der Waals surface area contributed by atoms with Gasteiger partial charge in [-0.15, -0.1) is 0 Å². The van der Waals surface area contributed by atoms with Crippen LogP contribution in [0.1, 0.15) is 6.42 Å². The first-order valence-electron chi connectivity index (χ1n) is 8.79. The molecule has 0 aromatic heterocycles. The Balaban J connectivity index is 1.50. The van der Waals surface area contributed by atoms with Gasteiger partial charge in [-0.1, -0.05) is 23.7 Å². The van der Waals surface area contributed by atoms with Crippen molar-refractivity contribution >= 4 is 40.8 Å². The highest BCUT2D eigenvalue weighted by atomic mass is 35.5. The molecule has 0 spiro atoms. The summed E-state index contributed by atoms with van der Waals surface area (Å²) < 4.78 is 15.5. The van der Waals surface area contributed by atoms with Gasteiger partial charge in [0, 0.05) is 11.6 Å². The first-order chi connectivity index (χ1) is 14.0. The summed E-state index contributed by atoms with van der Waals surface area (Å²) in [6.45, 7) is -0.431. The summed E-state index contributed by atoms with van der Waals surface area (Å²) >= 11 is 5.91. The molecule has 0 saturated heterocycles. The van der Waals surface area contributed by atoms with E-state index in [0.29, 0.717) is 27.9 Å². The molecule has 2 aromatic carbocycles. The third-order valence-corrected chi connectivity index (χ3v) is 4.38. The second-order valence-electron chi connectivity index (χ2n) is 6.11. The fourth-order valence-electron chi connectivity index (χ4n) is 2.78. The number of carbonyl (C=O) groups excluding carboxylic acids is 3. The van der Waals surface area contributed by atoms with E-state index in [1.165, 1.54) is 18.1 Å². The molecule has 3 rings (SSSR count). The summed E-state index contributed by atoms with van der Waals surface area (Å²) in [5.74, 6) is -0.377.